The van der Waals surface area contributed by atoms with Crippen LogP contribution in [0, 0.1) is 6.92 Å². The molecular weight excluding hydrogens is 242 g/mol. The number of rotatable bonds is 3. The van der Waals surface area contributed by atoms with Crippen molar-refractivity contribution in [2.45, 2.75) is 6.92 Å². The molecule has 0 fully saturated rings. The highest BCUT2D eigenvalue weighted by Gasteiger charge is 2.01. The van der Waals surface area contributed by atoms with Crippen LogP contribution in [0.25, 0.3) is 0 Å². The summed E-state index contributed by atoms with van der Waals surface area (Å²) >= 11 is 0. The number of nitrogens with one attached hydrogen (secondary N) is 1. The molecule has 2 aromatic rings. The molecule has 1 N–H and O–H groups in total. The molecule has 1 aromatic heterocycles. The first kappa shape index (κ1) is 12.8. The molecule has 0 saturated carbocycles. The molecule has 19 heavy (non-hydrogen) atoms. The third kappa shape index (κ3) is 4.23. The Morgan fingerprint density at radius 3 is 2.58 bits per heavy atom. The van der Waals surface area contributed by atoms with E-state index >= 15 is 0 Å². The number of carbonyl (C=O) groups excluding carboxylic acids is 1. The number of aryl methyl sites for hydroxylation is 1. The molecule has 5 heteroatoms. The summed E-state index contributed by atoms with van der Waals surface area (Å²) in [4.78, 5) is 20.0. The quantitative estimate of drug-likeness (QED) is 0.521. The lowest BCUT2D eigenvalue weighted by Gasteiger charge is -2.02. The van der Waals surface area contributed by atoms with Crippen molar-refractivity contribution in [2.75, 3.05) is 5.32 Å². The van der Waals surface area contributed by atoms with E-state index in [9.17, 15) is 4.79 Å². The fraction of sp³-hybridized carbons (Fsp3) is 0.0714. The lowest BCUT2D eigenvalue weighted by Crippen LogP contribution is -2.10. The van der Waals surface area contributed by atoms with Gasteiger partial charge >= 0.3 is 6.09 Å². The zero-order valence-electron chi connectivity index (χ0n) is 10.4. The van der Waals surface area contributed by atoms with Gasteiger partial charge in [0, 0.05) is 18.1 Å². The van der Waals surface area contributed by atoms with Gasteiger partial charge in [-0.15, -0.1) is 0 Å². The average Bonchev–Trinajstić information content (AvgIpc) is 2.43. The van der Waals surface area contributed by atoms with Crippen LogP contribution >= 0.6 is 0 Å². The van der Waals surface area contributed by atoms with Gasteiger partial charge in [0.1, 0.15) is 0 Å². The number of nitrogens with zero attached hydrogens (tertiary/aromatic N) is 2. The van der Waals surface area contributed by atoms with Crippen molar-refractivity contribution in [3.05, 3.63) is 59.9 Å². The fourth-order valence-corrected chi connectivity index (χ4v) is 1.36. The lowest BCUT2D eigenvalue weighted by atomic mass is 10.2. The first-order chi connectivity index (χ1) is 9.24. The highest BCUT2D eigenvalue weighted by molar-refractivity contribution is 5.85. The smallest absolute Gasteiger partial charge is 0.298 e. The van der Waals surface area contributed by atoms with E-state index in [2.05, 4.69) is 20.3 Å². The van der Waals surface area contributed by atoms with Crippen LogP contribution in [-0.4, -0.2) is 17.3 Å². The van der Waals surface area contributed by atoms with Crippen LogP contribution in [0.5, 0.6) is 0 Å². The molecule has 0 unspecified atom stereocenters. The summed E-state index contributed by atoms with van der Waals surface area (Å²) in [7, 11) is 0. The van der Waals surface area contributed by atoms with Gasteiger partial charge in [0.05, 0.1) is 6.21 Å². The molecule has 0 aliphatic heterocycles. The summed E-state index contributed by atoms with van der Waals surface area (Å²) in [5.41, 5.74) is 2.59. The van der Waals surface area contributed by atoms with Crippen LogP contribution in [0.1, 0.15) is 11.1 Å². The van der Waals surface area contributed by atoms with Gasteiger partial charge in [-0.1, -0.05) is 22.9 Å². The molecule has 0 bridgehead atoms. The number of hydrogen-bond acceptors (Lipinski definition) is 4. The summed E-state index contributed by atoms with van der Waals surface area (Å²) in [6.07, 6.45) is 4.08. The standard InChI is InChI=1S/C14H13N3O2/c1-11-2-4-13(5-3-11)17-14(18)19-16-10-12-6-8-15-9-7-12/h2-10H,1H3,(H,17,18)/b16-10-. The van der Waals surface area contributed by atoms with Gasteiger partial charge in [0.25, 0.3) is 0 Å². The number of carbonyl (C=O) groups is 1. The van der Waals surface area contributed by atoms with Gasteiger partial charge in [-0.25, -0.2) is 4.79 Å². The summed E-state index contributed by atoms with van der Waals surface area (Å²) in [5, 5.41) is 6.16. The molecule has 0 radical (unpaired) electrons. The van der Waals surface area contributed by atoms with E-state index in [-0.39, 0.29) is 0 Å². The molecule has 0 aliphatic rings. The van der Waals surface area contributed by atoms with E-state index in [1.807, 2.05) is 19.1 Å². The summed E-state index contributed by atoms with van der Waals surface area (Å²) < 4.78 is 0. The molecule has 0 aliphatic carbocycles. The van der Waals surface area contributed by atoms with Crippen LogP contribution in [0.3, 0.4) is 0 Å². The second-order valence-corrected chi connectivity index (χ2v) is 3.88. The van der Waals surface area contributed by atoms with E-state index in [0.29, 0.717) is 5.69 Å². The van der Waals surface area contributed by atoms with E-state index in [1.165, 1.54) is 6.21 Å². The third-order valence-corrected chi connectivity index (χ3v) is 2.34. The minimum Gasteiger partial charge on any atom is -0.298 e. The van der Waals surface area contributed by atoms with Crippen molar-refractivity contribution < 1.29 is 9.63 Å². The molecule has 0 saturated heterocycles. The Bertz CT molecular complexity index is 565. The maximum atomic E-state index is 11.4. The number of aromatic nitrogens is 1. The second kappa shape index (κ2) is 6.30. The first-order valence-corrected chi connectivity index (χ1v) is 5.72. The van der Waals surface area contributed by atoms with Crippen molar-refractivity contribution >= 4 is 18.0 Å². The number of oxime groups is 1. The second-order valence-electron chi connectivity index (χ2n) is 3.88. The van der Waals surface area contributed by atoms with Gasteiger partial charge in [0.15, 0.2) is 0 Å². The number of hydrogen-bond donors (Lipinski definition) is 1. The molecule has 1 heterocycles. The molecule has 0 spiro atoms. The maximum Gasteiger partial charge on any atom is 0.437 e. The Morgan fingerprint density at radius 1 is 1.21 bits per heavy atom. The number of anilines is 1. The van der Waals surface area contributed by atoms with Gasteiger partial charge in [0.2, 0.25) is 0 Å². The first-order valence-electron chi connectivity index (χ1n) is 5.72. The van der Waals surface area contributed by atoms with Crippen LogP contribution in [0.4, 0.5) is 10.5 Å². The van der Waals surface area contributed by atoms with E-state index < -0.39 is 6.09 Å². The van der Waals surface area contributed by atoms with Crippen LogP contribution in [0.15, 0.2) is 53.9 Å². The lowest BCUT2D eigenvalue weighted by molar-refractivity contribution is 0.167. The fourth-order valence-electron chi connectivity index (χ4n) is 1.36. The summed E-state index contributed by atoms with van der Waals surface area (Å²) in [5.74, 6) is 0. The van der Waals surface area contributed by atoms with Crippen LogP contribution < -0.4 is 5.32 Å². The molecule has 1 aromatic carbocycles. The SMILES string of the molecule is Cc1ccc(NC(=O)O/N=C\c2ccncc2)cc1. The summed E-state index contributed by atoms with van der Waals surface area (Å²) in [6.45, 7) is 1.97. The van der Waals surface area contributed by atoms with Crippen molar-refractivity contribution in [1.82, 2.24) is 4.98 Å². The van der Waals surface area contributed by atoms with Crippen LogP contribution in [-0.2, 0) is 4.84 Å². The molecule has 96 valence electrons. The molecule has 2 rings (SSSR count). The molecule has 5 nitrogen and oxygen atoms in total. The van der Waals surface area contributed by atoms with E-state index in [4.69, 9.17) is 0 Å². The largest absolute Gasteiger partial charge is 0.437 e. The molecule has 1 amide bonds. The topological polar surface area (TPSA) is 63.6 Å². The van der Waals surface area contributed by atoms with Crippen molar-refractivity contribution in [3.63, 3.8) is 0 Å². The summed E-state index contributed by atoms with van der Waals surface area (Å²) in [6, 6.07) is 10.9. The Kier molecular flexibility index (Phi) is 4.23. The highest BCUT2D eigenvalue weighted by Crippen LogP contribution is 2.08. The Balaban J connectivity index is 1.85. The number of pyridine rings is 1. The monoisotopic (exact) mass is 255 g/mol. The highest BCUT2D eigenvalue weighted by atomic mass is 16.7. The minimum atomic E-state index is -0.630. The van der Waals surface area contributed by atoms with Crippen molar-refractivity contribution in [2.24, 2.45) is 5.16 Å². The number of benzene rings is 1. The molecular formula is C14H13N3O2. The van der Waals surface area contributed by atoms with Gasteiger partial charge in [-0.2, -0.15) is 0 Å². The predicted molar refractivity (Wildman–Crippen MR) is 73.1 cm³/mol. The van der Waals surface area contributed by atoms with Gasteiger partial charge in [-0.3, -0.25) is 15.1 Å². The van der Waals surface area contributed by atoms with Crippen molar-refractivity contribution in [3.8, 4) is 0 Å². The maximum absolute atomic E-state index is 11.4. The third-order valence-electron chi connectivity index (χ3n) is 2.34. The Hall–Kier alpha value is -2.69. The number of amides is 1. The van der Waals surface area contributed by atoms with Crippen LogP contribution in [0.2, 0.25) is 0 Å². The predicted octanol–water partition coefficient (Wildman–Crippen LogP) is 2.97. The Labute approximate surface area is 110 Å². The Morgan fingerprint density at radius 2 is 1.89 bits per heavy atom. The molecule has 0 atom stereocenters. The van der Waals surface area contributed by atoms with Gasteiger partial charge in [-0.05, 0) is 36.8 Å². The average molecular weight is 255 g/mol. The minimum absolute atomic E-state index is 0.630. The normalized spacial score (nSPS) is 10.4. The zero-order valence-corrected chi connectivity index (χ0v) is 10.4. The van der Waals surface area contributed by atoms with Gasteiger partial charge < -0.3 is 0 Å². The van der Waals surface area contributed by atoms with Crippen molar-refractivity contribution in [1.29, 1.82) is 0 Å². The van der Waals surface area contributed by atoms with E-state index in [0.717, 1.165) is 11.1 Å². The zero-order chi connectivity index (χ0) is 13.5. The van der Waals surface area contributed by atoms with E-state index in [1.54, 1.807) is 36.7 Å².